The van der Waals surface area contributed by atoms with Crippen LogP contribution in [0.4, 0.5) is 13.2 Å². The Labute approximate surface area is 182 Å². The van der Waals surface area contributed by atoms with E-state index in [9.17, 15) is 18.0 Å². The molecule has 2 aliphatic heterocycles. The number of hydrogen-bond acceptors (Lipinski definition) is 6. The molecule has 12 heteroatoms. The monoisotopic (exact) mass is 458 g/mol. The number of carbonyl (C=O) groups is 2. The lowest BCUT2D eigenvalue weighted by Crippen LogP contribution is -2.33. The molecule has 4 rings (SSSR count). The maximum Gasteiger partial charge on any atom is 0.490 e. The van der Waals surface area contributed by atoms with Gasteiger partial charge in [0.25, 0.3) is 5.91 Å². The first kappa shape index (κ1) is 23.8. The average Bonchev–Trinajstić information content (AvgIpc) is 3.39. The van der Waals surface area contributed by atoms with Crippen molar-refractivity contribution in [3.05, 3.63) is 41.6 Å². The first-order chi connectivity index (χ1) is 15.0. The molecule has 2 atom stereocenters. The Morgan fingerprint density at radius 1 is 1.28 bits per heavy atom. The molecule has 1 amide bonds. The van der Waals surface area contributed by atoms with Crippen molar-refractivity contribution >= 4 is 11.9 Å². The Balaban J connectivity index is 0.000000360. The summed E-state index contributed by atoms with van der Waals surface area (Å²) in [5, 5.41) is 11.4. The van der Waals surface area contributed by atoms with E-state index in [4.69, 9.17) is 19.1 Å². The van der Waals surface area contributed by atoms with E-state index in [0.29, 0.717) is 31.4 Å². The number of aryl methyl sites for hydroxylation is 2. The normalized spacial score (nSPS) is 21.5. The van der Waals surface area contributed by atoms with Gasteiger partial charge in [-0.05, 0) is 13.0 Å². The van der Waals surface area contributed by atoms with Crippen molar-refractivity contribution in [1.29, 1.82) is 0 Å². The summed E-state index contributed by atoms with van der Waals surface area (Å²) < 4.78 is 45.0. The van der Waals surface area contributed by atoms with Crippen LogP contribution in [0, 0.1) is 12.8 Å². The number of furan rings is 1. The Kier molecular flexibility index (Phi) is 7.24. The molecule has 0 bridgehead atoms. The Morgan fingerprint density at radius 2 is 2.00 bits per heavy atom. The summed E-state index contributed by atoms with van der Waals surface area (Å²) in [7, 11) is 1.93. The highest BCUT2D eigenvalue weighted by atomic mass is 19.4. The number of carboxylic acid groups (broad SMARTS) is 1. The average molecular weight is 458 g/mol. The lowest BCUT2D eigenvalue weighted by atomic mass is 10.1. The molecule has 0 saturated carbocycles. The fraction of sp³-hybridized carbons (Fsp3) is 0.550. The van der Waals surface area contributed by atoms with E-state index in [1.807, 2.05) is 42.0 Å². The number of aliphatic carboxylic acids is 1. The fourth-order valence-corrected chi connectivity index (χ4v) is 3.82. The Hall–Kier alpha value is -2.86. The largest absolute Gasteiger partial charge is 0.490 e. The standard InChI is InChI=1S/C18H24N4O3.C2HF3O2/c1-13-3-5-25-17(13)18(23)22-11-15-10-21(4-6-24-16(15)12-22)9-14-7-19-20(2)8-14;3-2(4,5)1(6)7/h3,5,7-8,15-16H,4,6,9-12H2,1-2H3;(H,6,7)/t15-,16+;/m0./s1. The molecular formula is C20H25F3N4O5. The van der Waals surface area contributed by atoms with Gasteiger partial charge in [0.1, 0.15) is 0 Å². The summed E-state index contributed by atoms with van der Waals surface area (Å²) >= 11 is 0. The van der Waals surface area contributed by atoms with Gasteiger partial charge in [-0.1, -0.05) is 0 Å². The van der Waals surface area contributed by atoms with E-state index in [1.54, 1.807) is 6.26 Å². The molecule has 0 spiro atoms. The zero-order chi connectivity index (χ0) is 23.5. The van der Waals surface area contributed by atoms with Crippen LogP contribution >= 0.6 is 0 Å². The molecule has 0 radical (unpaired) electrons. The highest BCUT2D eigenvalue weighted by Gasteiger charge is 2.40. The van der Waals surface area contributed by atoms with Crippen LogP contribution < -0.4 is 0 Å². The van der Waals surface area contributed by atoms with Gasteiger partial charge in [-0.3, -0.25) is 14.4 Å². The molecule has 1 N–H and O–H groups in total. The number of halogens is 3. The van der Waals surface area contributed by atoms with Crippen molar-refractivity contribution in [1.82, 2.24) is 19.6 Å². The second kappa shape index (κ2) is 9.74. The van der Waals surface area contributed by atoms with Crippen LogP contribution in [0.25, 0.3) is 0 Å². The summed E-state index contributed by atoms with van der Waals surface area (Å²) in [6.07, 6.45) is 0.557. The number of aromatic nitrogens is 2. The molecule has 0 unspecified atom stereocenters. The van der Waals surface area contributed by atoms with Crippen molar-refractivity contribution in [2.24, 2.45) is 13.0 Å². The van der Waals surface area contributed by atoms with E-state index in [2.05, 4.69) is 10.00 Å². The van der Waals surface area contributed by atoms with Crippen LogP contribution in [0.15, 0.2) is 29.1 Å². The Morgan fingerprint density at radius 3 is 2.56 bits per heavy atom. The number of ether oxygens (including phenoxy) is 1. The summed E-state index contributed by atoms with van der Waals surface area (Å²) in [5.74, 6) is -2.01. The summed E-state index contributed by atoms with van der Waals surface area (Å²) in [6, 6.07) is 1.83. The molecule has 176 valence electrons. The highest BCUT2D eigenvalue weighted by Crippen LogP contribution is 2.26. The van der Waals surface area contributed by atoms with Gasteiger partial charge in [-0.15, -0.1) is 0 Å². The number of likely N-dealkylation sites (tertiary alicyclic amines) is 1. The van der Waals surface area contributed by atoms with E-state index >= 15 is 0 Å². The number of carbonyl (C=O) groups excluding carboxylic acids is 1. The predicted octanol–water partition coefficient (Wildman–Crippen LogP) is 1.93. The maximum absolute atomic E-state index is 12.7. The van der Waals surface area contributed by atoms with Gasteiger partial charge in [0.15, 0.2) is 5.76 Å². The first-order valence-electron chi connectivity index (χ1n) is 9.99. The van der Waals surface area contributed by atoms with Crippen LogP contribution in [0.5, 0.6) is 0 Å². The molecule has 2 aromatic rings. The van der Waals surface area contributed by atoms with Crippen molar-refractivity contribution in [3.63, 3.8) is 0 Å². The third-order valence-corrected chi connectivity index (χ3v) is 5.36. The molecule has 0 aromatic carbocycles. The lowest BCUT2D eigenvalue weighted by molar-refractivity contribution is -0.192. The van der Waals surface area contributed by atoms with Gasteiger partial charge < -0.3 is 19.2 Å². The van der Waals surface area contributed by atoms with E-state index in [1.165, 1.54) is 5.56 Å². The van der Waals surface area contributed by atoms with Gasteiger partial charge in [0, 0.05) is 63.0 Å². The lowest BCUT2D eigenvalue weighted by Gasteiger charge is -2.22. The van der Waals surface area contributed by atoms with Gasteiger partial charge in [0.05, 0.1) is 25.2 Å². The number of amides is 1. The van der Waals surface area contributed by atoms with Crippen molar-refractivity contribution in [2.45, 2.75) is 25.7 Å². The zero-order valence-electron chi connectivity index (χ0n) is 17.7. The van der Waals surface area contributed by atoms with E-state index < -0.39 is 12.1 Å². The van der Waals surface area contributed by atoms with E-state index in [-0.39, 0.29) is 12.0 Å². The van der Waals surface area contributed by atoms with Gasteiger partial charge in [-0.25, -0.2) is 4.79 Å². The second-order valence-corrected chi connectivity index (χ2v) is 7.87. The number of fused-ring (bicyclic) bond motifs is 1. The predicted molar refractivity (Wildman–Crippen MR) is 105 cm³/mol. The molecule has 2 aromatic heterocycles. The minimum absolute atomic E-state index is 0.0296. The molecular weight excluding hydrogens is 433 g/mol. The number of carboxylic acids is 1. The Bertz CT molecular complexity index is 942. The van der Waals surface area contributed by atoms with Crippen molar-refractivity contribution in [3.8, 4) is 0 Å². The molecule has 32 heavy (non-hydrogen) atoms. The van der Waals surface area contributed by atoms with Crippen LogP contribution in [-0.2, 0) is 23.1 Å². The third-order valence-electron chi connectivity index (χ3n) is 5.36. The molecule has 2 aliphatic rings. The fourth-order valence-electron chi connectivity index (χ4n) is 3.82. The van der Waals surface area contributed by atoms with Gasteiger partial charge in [-0.2, -0.15) is 18.3 Å². The number of hydrogen-bond donors (Lipinski definition) is 1. The third kappa shape index (κ3) is 5.88. The summed E-state index contributed by atoms with van der Waals surface area (Å²) in [6.45, 7) is 6.66. The minimum atomic E-state index is -5.08. The maximum atomic E-state index is 12.7. The molecule has 2 saturated heterocycles. The van der Waals surface area contributed by atoms with Gasteiger partial charge in [0.2, 0.25) is 0 Å². The number of alkyl halides is 3. The van der Waals surface area contributed by atoms with E-state index in [0.717, 1.165) is 25.2 Å². The van der Waals surface area contributed by atoms with Crippen LogP contribution in [0.2, 0.25) is 0 Å². The highest BCUT2D eigenvalue weighted by molar-refractivity contribution is 5.93. The van der Waals surface area contributed by atoms with Gasteiger partial charge >= 0.3 is 12.1 Å². The summed E-state index contributed by atoms with van der Waals surface area (Å²) in [4.78, 5) is 25.8. The number of rotatable bonds is 3. The number of nitrogens with zero attached hydrogens (tertiary/aromatic N) is 4. The molecule has 9 nitrogen and oxygen atoms in total. The molecule has 0 aliphatic carbocycles. The minimum Gasteiger partial charge on any atom is -0.475 e. The molecule has 4 heterocycles. The first-order valence-corrected chi connectivity index (χ1v) is 9.99. The molecule has 2 fully saturated rings. The van der Waals surface area contributed by atoms with Crippen molar-refractivity contribution in [2.75, 3.05) is 32.8 Å². The van der Waals surface area contributed by atoms with Crippen LogP contribution in [0.1, 0.15) is 21.7 Å². The topological polar surface area (TPSA) is 101 Å². The second-order valence-electron chi connectivity index (χ2n) is 7.87. The van der Waals surface area contributed by atoms with Crippen LogP contribution in [-0.4, -0.2) is 81.6 Å². The summed E-state index contributed by atoms with van der Waals surface area (Å²) in [5.41, 5.74) is 2.09. The zero-order valence-corrected chi connectivity index (χ0v) is 17.7. The van der Waals surface area contributed by atoms with Crippen LogP contribution in [0.3, 0.4) is 0 Å². The SMILES string of the molecule is Cc1ccoc1C(=O)N1C[C@@H]2CN(Cc3cnn(C)c3)CCO[C@@H]2C1.O=C(O)C(F)(F)F. The quantitative estimate of drug-likeness (QED) is 0.750. The van der Waals surface area contributed by atoms with Crippen molar-refractivity contribution < 1.29 is 37.0 Å². The smallest absolute Gasteiger partial charge is 0.475 e.